The van der Waals surface area contributed by atoms with Crippen LogP contribution in [0.5, 0.6) is 11.5 Å². The van der Waals surface area contributed by atoms with Gasteiger partial charge in [-0.1, -0.05) is 72.3 Å². The number of hydrogen-bond acceptors (Lipinski definition) is 9. The second-order valence-electron chi connectivity index (χ2n) is 14.1. The number of carboxylic acid groups (broad SMARTS) is 1. The van der Waals surface area contributed by atoms with Crippen molar-refractivity contribution in [1.29, 1.82) is 5.26 Å². The Kier molecular flexibility index (Phi) is 13.4. The molecule has 2 aromatic heterocycles. The summed E-state index contributed by atoms with van der Waals surface area (Å²) < 4.78 is 12.5. The van der Waals surface area contributed by atoms with Crippen molar-refractivity contribution in [3.8, 4) is 39.8 Å². The van der Waals surface area contributed by atoms with Gasteiger partial charge in [-0.15, -0.1) is 0 Å². The van der Waals surface area contributed by atoms with E-state index in [1.54, 1.807) is 30.7 Å². The van der Waals surface area contributed by atoms with E-state index in [-0.39, 0.29) is 19.8 Å². The van der Waals surface area contributed by atoms with Gasteiger partial charge in [-0.2, -0.15) is 5.26 Å². The van der Waals surface area contributed by atoms with Crippen LogP contribution in [0.4, 0.5) is 0 Å². The van der Waals surface area contributed by atoms with Crippen molar-refractivity contribution in [3.05, 3.63) is 153 Å². The van der Waals surface area contributed by atoms with Crippen molar-refractivity contribution < 1.29 is 24.5 Å². The number of halogens is 1. The minimum Gasteiger partial charge on any atom is -0.488 e. The molecular weight excluding hydrogens is 740 g/mol. The molecule has 0 bridgehead atoms. The average molecular weight is 785 g/mol. The smallest absolute Gasteiger partial charge is 0.326 e. The Labute approximate surface area is 337 Å². The number of ether oxygens (including phenoxy) is 2. The Balaban J connectivity index is 1.18. The number of nitriles is 1. The third-order valence-electron chi connectivity index (χ3n) is 10.1. The number of hydrogen-bond donors (Lipinski definition) is 5. The summed E-state index contributed by atoms with van der Waals surface area (Å²) in [4.78, 5) is 23.2. The van der Waals surface area contributed by atoms with Crippen LogP contribution in [-0.4, -0.2) is 49.8 Å². The highest BCUT2D eigenvalue weighted by molar-refractivity contribution is 6.32. The molecule has 0 saturated carbocycles. The van der Waals surface area contributed by atoms with Crippen LogP contribution in [0.1, 0.15) is 51.6 Å². The number of pyridine rings is 1. The highest BCUT2D eigenvalue weighted by Gasteiger charge is 2.32. The SMILES string of the molecule is Cc1c(COc2cc(OCc3cncc(C#N)c3)c(CN[C@@](C)(CO)C(=O)O)cc2Cl)cccc1-c1cccc(-c2ccc(CNCCc3c[nH]cn3)cc2)c1C. The second-order valence-corrected chi connectivity index (χ2v) is 14.5. The van der Waals surface area contributed by atoms with E-state index in [1.807, 2.05) is 18.3 Å². The van der Waals surface area contributed by atoms with Gasteiger partial charge < -0.3 is 30.0 Å². The lowest BCUT2D eigenvalue weighted by atomic mass is 9.89. The summed E-state index contributed by atoms with van der Waals surface area (Å²) in [6.45, 7) is 6.99. The van der Waals surface area contributed by atoms with E-state index >= 15 is 0 Å². The standard InChI is InChI=1S/C45H45ClN6O5/c1-29-35(6-4-8-39(29)40-9-5-7-38(30(40)2)34-12-10-31(11-13-34)20-48-15-14-37-24-50-28-51-37)26-57-43-18-42(56-25-33-16-32(19-47)21-49-22-33)36(17-41(43)46)23-52-45(3,27-53)44(54)55/h4-13,16-18,21-22,24,28,48,52-53H,14-15,20,23,25-27H2,1-3H3,(H,50,51)(H,54,55)/t45-/m0/s1. The summed E-state index contributed by atoms with van der Waals surface area (Å²) in [6.07, 6.45) is 7.57. The third kappa shape index (κ3) is 10.0. The molecule has 5 N–H and O–H groups in total. The molecule has 1 atom stereocenters. The Hall–Kier alpha value is -6.03. The number of aromatic nitrogens is 3. The number of aromatic amines is 1. The molecule has 4 aromatic carbocycles. The summed E-state index contributed by atoms with van der Waals surface area (Å²) in [7, 11) is 0. The summed E-state index contributed by atoms with van der Waals surface area (Å²) in [6, 6.07) is 28.3. The van der Waals surface area contributed by atoms with Gasteiger partial charge >= 0.3 is 5.97 Å². The minimum atomic E-state index is -1.59. The van der Waals surface area contributed by atoms with Gasteiger partial charge in [-0.3, -0.25) is 15.1 Å². The van der Waals surface area contributed by atoms with Crippen molar-refractivity contribution in [2.75, 3.05) is 13.2 Å². The van der Waals surface area contributed by atoms with E-state index in [2.05, 4.69) is 94.0 Å². The van der Waals surface area contributed by atoms with Crippen LogP contribution in [0.25, 0.3) is 22.3 Å². The molecule has 0 radical (unpaired) electrons. The Bertz CT molecular complexity index is 2360. The molecule has 0 fully saturated rings. The van der Waals surface area contributed by atoms with Crippen LogP contribution in [0, 0.1) is 25.2 Å². The molecule has 0 aliphatic heterocycles. The summed E-state index contributed by atoms with van der Waals surface area (Å²) in [5.41, 5.74) is 10.1. The first-order valence-corrected chi connectivity index (χ1v) is 18.9. The van der Waals surface area contributed by atoms with Crippen molar-refractivity contribution in [2.24, 2.45) is 0 Å². The van der Waals surface area contributed by atoms with Gasteiger partial charge in [0.15, 0.2) is 0 Å². The molecule has 6 aromatic rings. The number of aliphatic carboxylic acids is 1. The number of carbonyl (C=O) groups is 1. The number of benzene rings is 4. The van der Waals surface area contributed by atoms with Gasteiger partial charge in [0, 0.05) is 61.8 Å². The van der Waals surface area contributed by atoms with Gasteiger partial charge in [0.05, 0.1) is 29.2 Å². The van der Waals surface area contributed by atoms with E-state index in [4.69, 9.17) is 21.1 Å². The van der Waals surface area contributed by atoms with Crippen molar-refractivity contribution in [1.82, 2.24) is 25.6 Å². The third-order valence-corrected chi connectivity index (χ3v) is 10.3. The van der Waals surface area contributed by atoms with E-state index in [0.717, 1.165) is 53.0 Å². The molecule has 6 rings (SSSR count). The minimum absolute atomic E-state index is 0.0311. The Morgan fingerprint density at radius 2 is 1.63 bits per heavy atom. The maximum atomic E-state index is 11.9. The van der Waals surface area contributed by atoms with E-state index in [9.17, 15) is 20.3 Å². The monoisotopic (exact) mass is 784 g/mol. The number of aliphatic hydroxyl groups excluding tert-OH is 1. The van der Waals surface area contributed by atoms with Crippen LogP contribution in [0.2, 0.25) is 5.02 Å². The van der Waals surface area contributed by atoms with Gasteiger partial charge in [0.1, 0.15) is 36.3 Å². The summed E-state index contributed by atoms with van der Waals surface area (Å²) in [5, 5.41) is 35.5. The van der Waals surface area contributed by atoms with Crippen LogP contribution in [0.15, 0.2) is 104 Å². The van der Waals surface area contributed by atoms with Gasteiger partial charge in [-0.05, 0) is 77.4 Å². The number of imidazole rings is 1. The molecule has 57 heavy (non-hydrogen) atoms. The largest absolute Gasteiger partial charge is 0.488 e. The van der Waals surface area contributed by atoms with Crippen LogP contribution >= 0.6 is 11.6 Å². The van der Waals surface area contributed by atoms with E-state index in [1.165, 1.54) is 29.8 Å². The first-order chi connectivity index (χ1) is 27.6. The van der Waals surface area contributed by atoms with Crippen LogP contribution < -0.4 is 20.1 Å². The number of rotatable bonds is 18. The average Bonchev–Trinajstić information content (AvgIpc) is 3.75. The van der Waals surface area contributed by atoms with E-state index < -0.39 is 18.1 Å². The molecule has 2 heterocycles. The first kappa shape index (κ1) is 40.6. The Morgan fingerprint density at radius 3 is 2.35 bits per heavy atom. The summed E-state index contributed by atoms with van der Waals surface area (Å²) >= 11 is 6.77. The normalized spacial score (nSPS) is 12.1. The first-order valence-electron chi connectivity index (χ1n) is 18.6. The number of nitrogens with one attached hydrogen (secondary N) is 3. The number of aliphatic hydroxyl groups is 1. The fourth-order valence-corrected chi connectivity index (χ4v) is 6.68. The predicted molar refractivity (Wildman–Crippen MR) is 220 cm³/mol. The molecule has 0 unspecified atom stereocenters. The molecule has 12 heteroatoms. The van der Waals surface area contributed by atoms with Crippen LogP contribution in [0.3, 0.4) is 0 Å². The molecule has 0 aliphatic rings. The lowest BCUT2D eigenvalue weighted by Crippen LogP contribution is -2.52. The Morgan fingerprint density at radius 1 is 0.895 bits per heavy atom. The van der Waals surface area contributed by atoms with Crippen molar-refractivity contribution >= 4 is 17.6 Å². The summed E-state index contributed by atoms with van der Waals surface area (Å²) in [5.74, 6) is -0.433. The lowest BCUT2D eigenvalue weighted by molar-refractivity contribution is -0.145. The number of carboxylic acids is 1. The fraction of sp³-hybridized carbons (Fsp3) is 0.244. The van der Waals surface area contributed by atoms with Crippen LogP contribution in [-0.2, 0) is 37.5 Å². The highest BCUT2D eigenvalue weighted by atomic mass is 35.5. The zero-order valence-electron chi connectivity index (χ0n) is 32.1. The number of nitrogens with zero attached hydrogens (tertiary/aromatic N) is 3. The number of H-pyrrole nitrogens is 1. The molecule has 292 valence electrons. The molecular formula is C45H45ClN6O5. The maximum absolute atomic E-state index is 11.9. The van der Waals surface area contributed by atoms with Crippen molar-refractivity contribution in [3.63, 3.8) is 0 Å². The van der Waals surface area contributed by atoms with Gasteiger partial charge in [0.2, 0.25) is 0 Å². The van der Waals surface area contributed by atoms with Gasteiger partial charge in [-0.25, -0.2) is 4.98 Å². The van der Waals surface area contributed by atoms with Crippen molar-refractivity contribution in [2.45, 2.75) is 59.0 Å². The topological polar surface area (TPSA) is 165 Å². The molecule has 0 spiro atoms. The maximum Gasteiger partial charge on any atom is 0.326 e. The lowest BCUT2D eigenvalue weighted by Gasteiger charge is -2.25. The molecule has 0 saturated heterocycles. The molecule has 11 nitrogen and oxygen atoms in total. The molecule has 0 amide bonds. The quantitative estimate of drug-likeness (QED) is 0.0546. The zero-order chi connectivity index (χ0) is 40.4. The van der Waals surface area contributed by atoms with E-state index in [0.29, 0.717) is 33.2 Å². The second kappa shape index (κ2) is 18.7. The fourth-order valence-electron chi connectivity index (χ4n) is 6.44. The highest BCUT2D eigenvalue weighted by Crippen LogP contribution is 2.37. The predicted octanol–water partition coefficient (Wildman–Crippen LogP) is 7.70. The molecule has 0 aliphatic carbocycles. The zero-order valence-corrected chi connectivity index (χ0v) is 32.9. The van der Waals surface area contributed by atoms with Gasteiger partial charge in [0.25, 0.3) is 0 Å².